The molecule has 0 saturated carbocycles. The normalized spacial score (nSPS) is 14.1. The molecule has 3 nitrogen and oxygen atoms in total. The minimum absolute atomic E-state index is 0.0194. The Morgan fingerprint density at radius 2 is 1.84 bits per heavy atom. The van der Waals surface area contributed by atoms with Crippen LogP contribution in [0.4, 0.5) is 0 Å². The van der Waals surface area contributed by atoms with Crippen molar-refractivity contribution in [3.8, 4) is 0 Å². The number of nitrogens with one attached hydrogen (secondary N) is 1. The summed E-state index contributed by atoms with van der Waals surface area (Å²) in [6.07, 6.45) is 0. The predicted octanol–water partition coefficient (Wildman–Crippen LogP) is 2.94. The van der Waals surface area contributed by atoms with Crippen LogP contribution in [0.1, 0.15) is 51.8 Å². The van der Waals surface area contributed by atoms with Crippen LogP contribution < -0.4 is 11.1 Å². The van der Waals surface area contributed by atoms with Gasteiger partial charge in [-0.15, -0.1) is 0 Å². The number of hydrogen-bond donors (Lipinski definition) is 2. The number of carbonyl (C=O) groups is 1. The summed E-state index contributed by atoms with van der Waals surface area (Å²) in [6.45, 7) is 11.6. The molecule has 0 bridgehead atoms. The Balaban J connectivity index is 2.83. The molecule has 1 atom stereocenters. The summed E-state index contributed by atoms with van der Waals surface area (Å²) in [5.41, 5.74) is 7.21. The first kappa shape index (κ1) is 15.7. The Bertz CT molecular complexity index is 458. The van der Waals surface area contributed by atoms with Crippen LogP contribution in [0.15, 0.2) is 24.3 Å². The second kappa shape index (κ2) is 5.33. The van der Waals surface area contributed by atoms with Gasteiger partial charge in [0.1, 0.15) is 0 Å². The number of benzene rings is 1. The largest absolute Gasteiger partial charge is 0.349 e. The molecule has 106 valence electrons. The number of nitrogens with two attached hydrogens (primary N) is 1. The molecule has 1 rings (SSSR count). The van der Waals surface area contributed by atoms with Crippen LogP contribution >= 0.6 is 0 Å². The molecule has 0 aliphatic rings. The summed E-state index contributed by atoms with van der Waals surface area (Å²) in [5.74, 6) is -0.0194. The standard InChI is InChI=1S/C16H26N2O/c1-11-8-7-9-13(10-11)12(2)18-14(19)15(3,4)16(5,6)17/h7-10,12H,17H2,1-6H3,(H,18,19)/t12-/m0/s1. The zero-order chi connectivity index (χ0) is 14.8. The Morgan fingerprint density at radius 3 is 2.32 bits per heavy atom. The van der Waals surface area contributed by atoms with E-state index in [0.717, 1.165) is 5.56 Å². The molecule has 0 aliphatic heterocycles. The number of rotatable bonds is 4. The van der Waals surface area contributed by atoms with Gasteiger partial charge in [-0.2, -0.15) is 0 Å². The first-order chi connectivity index (χ1) is 8.55. The zero-order valence-electron chi connectivity index (χ0n) is 12.9. The molecule has 3 heteroatoms. The SMILES string of the molecule is Cc1cccc([C@H](C)NC(=O)C(C)(C)C(C)(C)N)c1. The van der Waals surface area contributed by atoms with Gasteiger partial charge >= 0.3 is 0 Å². The Kier molecular flexibility index (Phi) is 4.41. The average molecular weight is 262 g/mol. The molecule has 1 aromatic rings. The van der Waals surface area contributed by atoms with E-state index in [1.165, 1.54) is 5.56 Å². The minimum atomic E-state index is -0.620. The Hall–Kier alpha value is -1.35. The second-order valence-corrected chi connectivity index (χ2v) is 6.46. The van der Waals surface area contributed by atoms with E-state index in [-0.39, 0.29) is 11.9 Å². The molecule has 0 heterocycles. The van der Waals surface area contributed by atoms with Crippen molar-refractivity contribution in [3.05, 3.63) is 35.4 Å². The molecule has 1 aromatic carbocycles. The maximum absolute atomic E-state index is 12.4. The molecule has 3 N–H and O–H groups in total. The third kappa shape index (κ3) is 3.57. The van der Waals surface area contributed by atoms with Crippen molar-refractivity contribution in [2.45, 2.75) is 53.1 Å². The van der Waals surface area contributed by atoms with Gasteiger partial charge in [0, 0.05) is 5.54 Å². The molecule has 1 amide bonds. The van der Waals surface area contributed by atoms with Crippen LogP contribution in [0.2, 0.25) is 0 Å². The summed E-state index contributed by atoms with van der Waals surface area (Å²) >= 11 is 0. The molecule has 0 radical (unpaired) electrons. The lowest BCUT2D eigenvalue weighted by Crippen LogP contribution is -2.55. The van der Waals surface area contributed by atoms with Crippen molar-refractivity contribution < 1.29 is 4.79 Å². The highest BCUT2D eigenvalue weighted by molar-refractivity contribution is 5.83. The summed E-state index contributed by atoms with van der Waals surface area (Å²) in [7, 11) is 0. The highest BCUT2D eigenvalue weighted by Gasteiger charge is 2.40. The van der Waals surface area contributed by atoms with Gasteiger partial charge in [-0.05, 0) is 47.1 Å². The van der Waals surface area contributed by atoms with E-state index in [4.69, 9.17) is 5.73 Å². The smallest absolute Gasteiger partial charge is 0.227 e. The number of carbonyl (C=O) groups excluding carboxylic acids is 1. The number of aryl methyl sites for hydroxylation is 1. The van der Waals surface area contributed by atoms with Gasteiger partial charge in [0.15, 0.2) is 0 Å². The van der Waals surface area contributed by atoms with Crippen LogP contribution in [-0.2, 0) is 4.79 Å². The van der Waals surface area contributed by atoms with Gasteiger partial charge in [-0.1, -0.05) is 29.8 Å². The third-order valence-corrected chi connectivity index (χ3v) is 4.07. The van der Waals surface area contributed by atoms with Crippen LogP contribution in [0.25, 0.3) is 0 Å². The molecule has 0 saturated heterocycles. The third-order valence-electron chi connectivity index (χ3n) is 4.07. The first-order valence-electron chi connectivity index (χ1n) is 6.72. The summed E-state index contributed by atoms with van der Waals surface area (Å²) in [4.78, 5) is 12.4. The van der Waals surface area contributed by atoms with Crippen LogP contribution in [-0.4, -0.2) is 11.4 Å². The molecule has 0 aromatic heterocycles. The van der Waals surface area contributed by atoms with E-state index in [2.05, 4.69) is 11.4 Å². The van der Waals surface area contributed by atoms with Crippen LogP contribution in [0.5, 0.6) is 0 Å². The summed E-state index contributed by atoms with van der Waals surface area (Å²) < 4.78 is 0. The molecular formula is C16H26N2O. The van der Waals surface area contributed by atoms with Gasteiger partial charge in [0.25, 0.3) is 0 Å². The van der Waals surface area contributed by atoms with E-state index in [1.807, 2.05) is 59.7 Å². The second-order valence-electron chi connectivity index (χ2n) is 6.46. The summed E-state index contributed by atoms with van der Waals surface area (Å²) in [6, 6.07) is 8.15. The number of hydrogen-bond acceptors (Lipinski definition) is 2. The highest BCUT2D eigenvalue weighted by Crippen LogP contribution is 2.29. The van der Waals surface area contributed by atoms with Gasteiger partial charge in [-0.3, -0.25) is 4.79 Å². The van der Waals surface area contributed by atoms with Crippen molar-refractivity contribution >= 4 is 5.91 Å². The monoisotopic (exact) mass is 262 g/mol. The lowest BCUT2D eigenvalue weighted by molar-refractivity contribution is -0.132. The maximum Gasteiger partial charge on any atom is 0.227 e. The van der Waals surface area contributed by atoms with Crippen molar-refractivity contribution in [2.24, 2.45) is 11.1 Å². The van der Waals surface area contributed by atoms with E-state index in [9.17, 15) is 4.79 Å². The van der Waals surface area contributed by atoms with Gasteiger partial charge in [0.2, 0.25) is 5.91 Å². The maximum atomic E-state index is 12.4. The van der Waals surface area contributed by atoms with Crippen molar-refractivity contribution in [3.63, 3.8) is 0 Å². The molecule has 0 unspecified atom stereocenters. The Labute approximate surface area is 116 Å². The van der Waals surface area contributed by atoms with Gasteiger partial charge in [-0.25, -0.2) is 0 Å². The van der Waals surface area contributed by atoms with E-state index < -0.39 is 11.0 Å². The average Bonchev–Trinajstić information content (AvgIpc) is 2.27. The highest BCUT2D eigenvalue weighted by atomic mass is 16.2. The number of amides is 1. The van der Waals surface area contributed by atoms with Gasteiger partial charge in [0.05, 0.1) is 11.5 Å². The molecule has 19 heavy (non-hydrogen) atoms. The summed E-state index contributed by atoms with van der Waals surface area (Å²) in [5, 5.41) is 3.05. The quantitative estimate of drug-likeness (QED) is 0.876. The minimum Gasteiger partial charge on any atom is -0.349 e. The first-order valence-corrected chi connectivity index (χ1v) is 6.72. The molecular weight excluding hydrogens is 236 g/mol. The topological polar surface area (TPSA) is 55.1 Å². The fraction of sp³-hybridized carbons (Fsp3) is 0.562. The zero-order valence-corrected chi connectivity index (χ0v) is 12.9. The Morgan fingerprint density at radius 1 is 1.26 bits per heavy atom. The fourth-order valence-electron chi connectivity index (χ4n) is 1.69. The lowest BCUT2D eigenvalue weighted by Gasteiger charge is -2.37. The molecule has 0 fully saturated rings. The fourth-order valence-corrected chi connectivity index (χ4v) is 1.69. The van der Waals surface area contributed by atoms with Crippen molar-refractivity contribution in [1.29, 1.82) is 0 Å². The van der Waals surface area contributed by atoms with Crippen molar-refractivity contribution in [1.82, 2.24) is 5.32 Å². The van der Waals surface area contributed by atoms with E-state index in [1.54, 1.807) is 0 Å². The van der Waals surface area contributed by atoms with Crippen molar-refractivity contribution in [2.75, 3.05) is 0 Å². The van der Waals surface area contributed by atoms with Gasteiger partial charge < -0.3 is 11.1 Å². The van der Waals surface area contributed by atoms with Crippen LogP contribution in [0.3, 0.4) is 0 Å². The van der Waals surface area contributed by atoms with E-state index in [0.29, 0.717) is 0 Å². The molecule has 0 aliphatic carbocycles. The predicted molar refractivity (Wildman–Crippen MR) is 79.8 cm³/mol. The van der Waals surface area contributed by atoms with E-state index >= 15 is 0 Å². The molecule has 0 spiro atoms. The lowest BCUT2D eigenvalue weighted by atomic mass is 9.74. The van der Waals surface area contributed by atoms with Crippen LogP contribution in [0, 0.1) is 12.3 Å².